The molecule has 0 saturated carbocycles. The van der Waals surface area contributed by atoms with Gasteiger partial charge in [0.2, 0.25) is 0 Å². The predicted octanol–water partition coefficient (Wildman–Crippen LogP) is 14.0. The topological polar surface area (TPSA) is 38.9 Å². The third kappa shape index (κ3) is 5.27. The minimum absolute atomic E-state index is 0.289. The van der Waals surface area contributed by atoms with Crippen LogP contribution in [0.5, 0.6) is 0 Å². The molecule has 0 N–H and O–H groups in total. The molecule has 10 aromatic rings. The second-order valence-electron chi connectivity index (χ2n) is 15.0. The van der Waals surface area contributed by atoms with Gasteiger partial charge in [0.05, 0.1) is 11.4 Å². The standard InChI is InChI=1S/C54H36N2O/c1-54(38-18-6-3-7-19-38)46-27-12-10-23-45(46)51-43(25-15-28-47(51)54)40-20-8-9-21-41(40)49-34-48(55-53(56-49)37-16-4-2-5-17-37)36-32-30-35(31-33-36)39-24-14-26-44-42-22-11-13-29-50(42)57-52(39)44/h2-34H,1H3. The highest BCUT2D eigenvalue weighted by Crippen LogP contribution is 2.55. The van der Waals surface area contributed by atoms with Crippen LogP contribution in [-0.4, -0.2) is 9.97 Å². The van der Waals surface area contributed by atoms with Crippen LogP contribution in [0, 0.1) is 0 Å². The lowest BCUT2D eigenvalue weighted by molar-refractivity contribution is 0.670. The molecule has 57 heavy (non-hydrogen) atoms. The molecule has 0 saturated heterocycles. The van der Waals surface area contributed by atoms with E-state index in [9.17, 15) is 0 Å². The molecule has 2 aromatic heterocycles. The SMILES string of the molecule is CC1(c2ccccc2)c2ccccc2-c2c(-c3ccccc3-c3cc(-c4ccc(-c5cccc6c5oc5ccccc56)cc4)nc(-c4ccccc4)n3)cccc21. The highest BCUT2D eigenvalue weighted by Gasteiger charge is 2.41. The van der Waals surface area contributed by atoms with Gasteiger partial charge in [-0.15, -0.1) is 0 Å². The van der Waals surface area contributed by atoms with E-state index in [4.69, 9.17) is 14.4 Å². The predicted molar refractivity (Wildman–Crippen MR) is 234 cm³/mol. The van der Waals surface area contributed by atoms with E-state index in [1.807, 2.05) is 30.3 Å². The zero-order chi connectivity index (χ0) is 37.9. The number of aromatic nitrogens is 2. The Morgan fingerprint density at radius 1 is 0.404 bits per heavy atom. The molecule has 268 valence electrons. The van der Waals surface area contributed by atoms with Crippen molar-refractivity contribution in [2.45, 2.75) is 12.3 Å². The van der Waals surface area contributed by atoms with Crippen LogP contribution < -0.4 is 0 Å². The lowest BCUT2D eigenvalue weighted by Gasteiger charge is -2.28. The van der Waals surface area contributed by atoms with E-state index in [-0.39, 0.29) is 5.41 Å². The first kappa shape index (κ1) is 33.0. The van der Waals surface area contributed by atoms with Crippen molar-refractivity contribution in [1.82, 2.24) is 9.97 Å². The molecule has 11 rings (SSSR count). The molecule has 0 aliphatic heterocycles. The van der Waals surface area contributed by atoms with Crippen molar-refractivity contribution in [3.05, 3.63) is 217 Å². The number of nitrogens with zero attached hydrogens (tertiary/aromatic N) is 2. The van der Waals surface area contributed by atoms with Crippen LogP contribution in [0.2, 0.25) is 0 Å². The highest BCUT2D eigenvalue weighted by atomic mass is 16.3. The fourth-order valence-electron chi connectivity index (χ4n) is 9.03. The molecule has 8 aromatic carbocycles. The van der Waals surface area contributed by atoms with Crippen molar-refractivity contribution in [1.29, 1.82) is 0 Å². The maximum Gasteiger partial charge on any atom is 0.160 e. The molecule has 3 heteroatoms. The van der Waals surface area contributed by atoms with E-state index in [2.05, 4.69) is 177 Å². The summed E-state index contributed by atoms with van der Waals surface area (Å²) in [6.45, 7) is 2.37. The van der Waals surface area contributed by atoms with Gasteiger partial charge in [-0.2, -0.15) is 0 Å². The van der Waals surface area contributed by atoms with E-state index in [1.165, 1.54) is 33.4 Å². The Balaban J connectivity index is 1.06. The van der Waals surface area contributed by atoms with Crippen LogP contribution in [0.3, 0.4) is 0 Å². The third-order valence-corrected chi connectivity index (χ3v) is 11.8. The molecule has 0 bridgehead atoms. The summed E-state index contributed by atoms with van der Waals surface area (Å²) in [4.78, 5) is 10.5. The van der Waals surface area contributed by atoms with Crippen LogP contribution >= 0.6 is 0 Å². The number of hydrogen-bond donors (Lipinski definition) is 0. The highest BCUT2D eigenvalue weighted by molar-refractivity contribution is 6.09. The first-order chi connectivity index (χ1) is 28.1. The maximum atomic E-state index is 6.39. The van der Waals surface area contributed by atoms with E-state index in [0.29, 0.717) is 5.82 Å². The average molecular weight is 729 g/mol. The number of rotatable bonds is 6. The number of fused-ring (bicyclic) bond motifs is 6. The van der Waals surface area contributed by atoms with Gasteiger partial charge in [-0.05, 0) is 63.6 Å². The molecule has 3 nitrogen and oxygen atoms in total. The fourth-order valence-corrected chi connectivity index (χ4v) is 9.03. The zero-order valence-corrected chi connectivity index (χ0v) is 31.4. The molecule has 1 unspecified atom stereocenters. The summed E-state index contributed by atoms with van der Waals surface area (Å²) in [5, 5.41) is 2.25. The van der Waals surface area contributed by atoms with Crippen molar-refractivity contribution >= 4 is 21.9 Å². The molecule has 2 heterocycles. The van der Waals surface area contributed by atoms with Crippen LogP contribution in [0.15, 0.2) is 205 Å². The van der Waals surface area contributed by atoms with Gasteiger partial charge in [0, 0.05) is 38.4 Å². The van der Waals surface area contributed by atoms with Gasteiger partial charge < -0.3 is 4.42 Å². The van der Waals surface area contributed by atoms with Gasteiger partial charge in [0.15, 0.2) is 5.82 Å². The minimum Gasteiger partial charge on any atom is -0.455 e. The normalized spacial score (nSPS) is 14.5. The minimum atomic E-state index is -0.289. The summed E-state index contributed by atoms with van der Waals surface area (Å²) >= 11 is 0. The summed E-state index contributed by atoms with van der Waals surface area (Å²) in [6.07, 6.45) is 0. The number of furan rings is 1. The molecule has 1 atom stereocenters. The summed E-state index contributed by atoms with van der Waals surface area (Å²) in [6, 6.07) is 71.0. The summed E-state index contributed by atoms with van der Waals surface area (Å²) < 4.78 is 6.39. The van der Waals surface area contributed by atoms with Gasteiger partial charge in [0.25, 0.3) is 0 Å². The van der Waals surface area contributed by atoms with E-state index in [1.54, 1.807) is 0 Å². The van der Waals surface area contributed by atoms with Gasteiger partial charge in [-0.3, -0.25) is 0 Å². The van der Waals surface area contributed by atoms with Gasteiger partial charge in [0.1, 0.15) is 11.2 Å². The Kier molecular flexibility index (Phi) is 7.61. The maximum absolute atomic E-state index is 6.39. The van der Waals surface area contributed by atoms with E-state index in [0.717, 1.165) is 66.7 Å². The Labute approximate surface area is 331 Å². The molecule has 1 aliphatic carbocycles. The lowest BCUT2D eigenvalue weighted by Crippen LogP contribution is -2.22. The smallest absolute Gasteiger partial charge is 0.160 e. The Bertz CT molecular complexity index is 3130. The van der Waals surface area contributed by atoms with Crippen molar-refractivity contribution in [3.63, 3.8) is 0 Å². The van der Waals surface area contributed by atoms with Gasteiger partial charge >= 0.3 is 0 Å². The Hall–Kier alpha value is -7.36. The second-order valence-corrected chi connectivity index (χ2v) is 15.0. The Morgan fingerprint density at radius 2 is 0.982 bits per heavy atom. The van der Waals surface area contributed by atoms with Crippen molar-refractivity contribution in [2.24, 2.45) is 0 Å². The summed E-state index contributed by atoms with van der Waals surface area (Å²) in [5.41, 5.74) is 17.3. The summed E-state index contributed by atoms with van der Waals surface area (Å²) in [7, 11) is 0. The Morgan fingerprint density at radius 3 is 1.81 bits per heavy atom. The largest absolute Gasteiger partial charge is 0.455 e. The molecular formula is C54H36N2O. The molecule has 0 spiro atoms. The van der Waals surface area contributed by atoms with Crippen LogP contribution in [0.4, 0.5) is 0 Å². The summed E-state index contributed by atoms with van der Waals surface area (Å²) in [5.74, 6) is 0.689. The van der Waals surface area contributed by atoms with Crippen LogP contribution in [0.25, 0.3) is 89.2 Å². The monoisotopic (exact) mass is 728 g/mol. The molecule has 0 radical (unpaired) electrons. The first-order valence-corrected chi connectivity index (χ1v) is 19.5. The average Bonchev–Trinajstić information content (AvgIpc) is 3.80. The zero-order valence-electron chi connectivity index (χ0n) is 31.4. The van der Waals surface area contributed by atoms with Crippen LogP contribution in [-0.2, 0) is 5.41 Å². The molecule has 0 fully saturated rings. The fraction of sp³-hybridized carbons (Fsp3) is 0.0370. The molecule has 1 aliphatic rings. The van der Waals surface area contributed by atoms with Crippen LogP contribution in [0.1, 0.15) is 23.6 Å². The number of hydrogen-bond acceptors (Lipinski definition) is 3. The lowest BCUT2D eigenvalue weighted by atomic mass is 9.74. The van der Waals surface area contributed by atoms with Crippen molar-refractivity contribution in [3.8, 4) is 67.3 Å². The van der Waals surface area contributed by atoms with Crippen molar-refractivity contribution < 1.29 is 4.42 Å². The van der Waals surface area contributed by atoms with E-state index >= 15 is 0 Å². The molecule has 0 amide bonds. The van der Waals surface area contributed by atoms with E-state index < -0.39 is 0 Å². The second kappa shape index (κ2) is 13.1. The first-order valence-electron chi connectivity index (χ1n) is 19.5. The van der Waals surface area contributed by atoms with Crippen molar-refractivity contribution in [2.75, 3.05) is 0 Å². The number of benzene rings is 8. The van der Waals surface area contributed by atoms with Gasteiger partial charge in [-0.25, -0.2) is 9.97 Å². The quantitative estimate of drug-likeness (QED) is 0.171. The van der Waals surface area contributed by atoms with Gasteiger partial charge in [-0.1, -0.05) is 188 Å². The molecular weight excluding hydrogens is 693 g/mol. The number of para-hydroxylation sites is 2. The third-order valence-electron chi connectivity index (χ3n) is 11.8.